The zero-order valence-electron chi connectivity index (χ0n) is 14.0. The summed E-state index contributed by atoms with van der Waals surface area (Å²) >= 11 is 1.18. The van der Waals surface area contributed by atoms with E-state index in [1.165, 1.54) is 31.2 Å². The molecule has 0 radical (unpaired) electrons. The van der Waals surface area contributed by atoms with Crippen molar-refractivity contribution in [2.24, 2.45) is 11.8 Å². The van der Waals surface area contributed by atoms with Crippen molar-refractivity contribution in [1.29, 1.82) is 0 Å². The van der Waals surface area contributed by atoms with Gasteiger partial charge in [0.15, 0.2) is 0 Å². The number of halogens is 1. The summed E-state index contributed by atoms with van der Waals surface area (Å²) in [7, 11) is -2.01. The highest BCUT2D eigenvalue weighted by atomic mass is 35.5. The molecule has 1 aromatic rings. The number of hydrogen-bond donors (Lipinski definition) is 3. The minimum absolute atomic E-state index is 0. The Morgan fingerprint density at radius 3 is 2.83 bits per heavy atom. The van der Waals surface area contributed by atoms with E-state index in [2.05, 4.69) is 22.3 Å². The van der Waals surface area contributed by atoms with E-state index in [1.807, 2.05) is 0 Å². The van der Waals surface area contributed by atoms with E-state index in [1.54, 1.807) is 12.1 Å². The Hall–Kier alpha value is -0.670. The van der Waals surface area contributed by atoms with Crippen LogP contribution in [-0.2, 0) is 21.4 Å². The van der Waals surface area contributed by atoms with Gasteiger partial charge in [0.2, 0.25) is 15.9 Å². The van der Waals surface area contributed by atoms with Crippen LogP contribution in [0.15, 0.2) is 16.3 Å². The third-order valence-electron chi connectivity index (χ3n) is 4.28. The molecule has 0 saturated carbocycles. The Morgan fingerprint density at radius 2 is 2.21 bits per heavy atom. The van der Waals surface area contributed by atoms with Crippen molar-refractivity contribution in [3.63, 3.8) is 0 Å². The maximum atomic E-state index is 12.1. The molecule has 2 atom stereocenters. The van der Waals surface area contributed by atoms with Crippen molar-refractivity contribution in [3.8, 4) is 0 Å². The predicted molar refractivity (Wildman–Crippen MR) is 99.0 cm³/mol. The molecule has 1 aliphatic heterocycles. The molecule has 0 aliphatic carbocycles. The van der Waals surface area contributed by atoms with E-state index in [-0.39, 0.29) is 22.5 Å². The Morgan fingerprint density at radius 1 is 1.46 bits per heavy atom. The summed E-state index contributed by atoms with van der Waals surface area (Å²) in [6.07, 6.45) is 2.87. The molecule has 24 heavy (non-hydrogen) atoms. The summed E-state index contributed by atoms with van der Waals surface area (Å²) in [5.74, 6) is 0.935. The van der Waals surface area contributed by atoms with E-state index in [0.29, 0.717) is 24.8 Å². The van der Waals surface area contributed by atoms with Crippen molar-refractivity contribution >= 4 is 39.7 Å². The van der Waals surface area contributed by atoms with Gasteiger partial charge in [0.25, 0.3) is 0 Å². The molecule has 1 saturated heterocycles. The molecule has 1 aliphatic rings. The number of rotatable bonds is 7. The predicted octanol–water partition coefficient (Wildman–Crippen LogP) is 1.72. The zero-order chi connectivity index (χ0) is 16.9. The number of hydrogen-bond acceptors (Lipinski definition) is 5. The van der Waals surface area contributed by atoms with E-state index < -0.39 is 10.0 Å². The van der Waals surface area contributed by atoms with Gasteiger partial charge in [0.1, 0.15) is 4.21 Å². The Balaban J connectivity index is 0.00000288. The van der Waals surface area contributed by atoms with Crippen molar-refractivity contribution in [3.05, 3.63) is 17.0 Å². The fourth-order valence-corrected chi connectivity index (χ4v) is 4.91. The molecule has 1 fully saturated rings. The van der Waals surface area contributed by atoms with Crippen LogP contribution in [-0.4, -0.2) is 34.5 Å². The number of carbonyl (C=O) groups excluding carboxylic acids is 1. The number of piperidine rings is 1. The Kier molecular flexibility index (Phi) is 8.66. The van der Waals surface area contributed by atoms with Crippen LogP contribution in [0.2, 0.25) is 0 Å². The molecule has 0 bridgehead atoms. The van der Waals surface area contributed by atoms with Crippen molar-refractivity contribution in [1.82, 2.24) is 15.4 Å². The fourth-order valence-electron chi connectivity index (χ4n) is 2.78. The van der Waals surface area contributed by atoms with Gasteiger partial charge in [-0.3, -0.25) is 4.79 Å². The van der Waals surface area contributed by atoms with E-state index in [4.69, 9.17) is 0 Å². The number of carbonyl (C=O) groups is 1. The van der Waals surface area contributed by atoms with Crippen LogP contribution in [0.3, 0.4) is 0 Å². The number of thiophene rings is 1. The lowest BCUT2D eigenvalue weighted by molar-refractivity contribution is -0.122. The molecule has 1 amide bonds. The largest absolute Gasteiger partial charge is 0.351 e. The molecular formula is C15H26ClN3O3S2. The highest BCUT2D eigenvalue weighted by Crippen LogP contribution is 2.23. The molecule has 2 heterocycles. The van der Waals surface area contributed by atoms with Crippen LogP contribution in [0.4, 0.5) is 0 Å². The average Bonchev–Trinajstić information content (AvgIpc) is 3.03. The SMILES string of the molecule is CNS(=O)(=O)c1ccc(CNC(=O)CC(C)C2CCCNC2)s1.Cl. The van der Waals surface area contributed by atoms with Gasteiger partial charge in [-0.15, -0.1) is 23.7 Å². The molecular weight excluding hydrogens is 370 g/mol. The maximum Gasteiger partial charge on any atom is 0.249 e. The van der Waals surface area contributed by atoms with E-state index >= 15 is 0 Å². The maximum absolute atomic E-state index is 12.1. The first kappa shape index (κ1) is 21.4. The number of amides is 1. The van der Waals surface area contributed by atoms with Gasteiger partial charge in [-0.25, -0.2) is 13.1 Å². The summed E-state index contributed by atoms with van der Waals surface area (Å²) in [5.41, 5.74) is 0. The molecule has 6 nitrogen and oxygen atoms in total. The highest BCUT2D eigenvalue weighted by Gasteiger charge is 2.22. The number of sulfonamides is 1. The van der Waals surface area contributed by atoms with E-state index in [0.717, 1.165) is 18.0 Å². The lowest BCUT2D eigenvalue weighted by Crippen LogP contribution is -2.35. The second-order valence-electron chi connectivity index (χ2n) is 5.99. The first-order valence-corrected chi connectivity index (χ1v) is 10.2. The first-order chi connectivity index (χ1) is 10.9. The zero-order valence-corrected chi connectivity index (χ0v) is 16.5. The van der Waals surface area contributed by atoms with Gasteiger partial charge < -0.3 is 10.6 Å². The van der Waals surface area contributed by atoms with Crippen LogP contribution in [0, 0.1) is 11.8 Å². The van der Waals surface area contributed by atoms with Crippen LogP contribution in [0.1, 0.15) is 31.1 Å². The summed E-state index contributed by atoms with van der Waals surface area (Å²) in [6, 6.07) is 3.30. The highest BCUT2D eigenvalue weighted by molar-refractivity contribution is 7.91. The van der Waals surface area contributed by atoms with Gasteiger partial charge in [-0.05, 0) is 56.9 Å². The number of nitrogens with one attached hydrogen (secondary N) is 3. The summed E-state index contributed by atoms with van der Waals surface area (Å²) in [5, 5.41) is 6.26. The summed E-state index contributed by atoms with van der Waals surface area (Å²) in [6.45, 7) is 4.56. The van der Waals surface area contributed by atoms with Gasteiger partial charge in [-0.2, -0.15) is 0 Å². The molecule has 0 spiro atoms. The minimum Gasteiger partial charge on any atom is -0.351 e. The third kappa shape index (κ3) is 6.00. The van der Waals surface area contributed by atoms with Crippen LogP contribution >= 0.6 is 23.7 Å². The van der Waals surface area contributed by atoms with Gasteiger partial charge in [-0.1, -0.05) is 6.92 Å². The minimum atomic E-state index is -3.40. The van der Waals surface area contributed by atoms with Crippen LogP contribution in [0.5, 0.6) is 0 Å². The second kappa shape index (κ2) is 9.72. The Labute approximate surface area is 154 Å². The normalized spacial score (nSPS) is 19.3. The third-order valence-corrected chi connectivity index (χ3v) is 7.27. The van der Waals surface area contributed by atoms with Crippen molar-refractivity contribution in [2.45, 2.75) is 36.9 Å². The molecule has 9 heteroatoms. The quantitative estimate of drug-likeness (QED) is 0.656. The summed E-state index contributed by atoms with van der Waals surface area (Å²) < 4.78 is 25.9. The van der Waals surface area contributed by atoms with Gasteiger partial charge in [0, 0.05) is 11.3 Å². The van der Waals surface area contributed by atoms with Crippen molar-refractivity contribution < 1.29 is 13.2 Å². The standard InChI is InChI=1S/C15H25N3O3S2.ClH/c1-11(12-4-3-7-17-9-12)8-14(19)18-10-13-5-6-15(22-13)23(20,21)16-2;/h5-6,11-12,16-17H,3-4,7-10H2,1-2H3,(H,18,19);1H. The first-order valence-electron chi connectivity index (χ1n) is 7.92. The topological polar surface area (TPSA) is 87.3 Å². The average molecular weight is 396 g/mol. The lowest BCUT2D eigenvalue weighted by atomic mass is 9.85. The van der Waals surface area contributed by atoms with Crippen LogP contribution in [0.25, 0.3) is 0 Å². The van der Waals surface area contributed by atoms with Gasteiger partial charge in [0.05, 0.1) is 6.54 Å². The molecule has 1 aromatic heterocycles. The fraction of sp³-hybridized carbons (Fsp3) is 0.667. The summed E-state index contributed by atoms with van der Waals surface area (Å²) in [4.78, 5) is 12.9. The smallest absolute Gasteiger partial charge is 0.249 e. The molecule has 2 rings (SSSR count). The second-order valence-corrected chi connectivity index (χ2v) is 9.27. The molecule has 0 aromatic carbocycles. The Bertz CT molecular complexity index is 628. The monoisotopic (exact) mass is 395 g/mol. The van der Waals surface area contributed by atoms with E-state index in [9.17, 15) is 13.2 Å². The van der Waals surface area contributed by atoms with Crippen LogP contribution < -0.4 is 15.4 Å². The molecule has 3 N–H and O–H groups in total. The van der Waals surface area contributed by atoms with Gasteiger partial charge >= 0.3 is 0 Å². The molecule has 138 valence electrons. The van der Waals surface area contributed by atoms with Crippen molar-refractivity contribution in [2.75, 3.05) is 20.1 Å². The molecule has 2 unspecified atom stereocenters. The lowest BCUT2D eigenvalue weighted by Gasteiger charge is -2.27.